The maximum absolute atomic E-state index is 2.52. The van der Waals surface area contributed by atoms with Crippen LogP contribution in [0.3, 0.4) is 0 Å². The number of hydrogen-bond acceptors (Lipinski definition) is 0. The highest BCUT2D eigenvalue weighted by atomic mass is 14.4. The summed E-state index contributed by atoms with van der Waals surface area (Å²) < 4.78 is 0. The van der Waals surface area contributed by atoms with E-state index in [4.69, 9.17) is 0 Å². The lowest BCUT2D eigenvalue weighted by atomic mass is 9.79. The van der Waals surface area contributed by atoms with Crippen molar-refractivity contribution in [2.45, 2.75) is 66.2 Å². The van der Waals surface area contributed by atoms with E-state index in [0.29, 0.717) is 0 Å². The largest absolute Gasteiger partial charge is 0.0622 e. The number of fused-ring (bicyclic) bond motifs is 10. The molecule has 0 heterocycles. The molecule has 0 saturated heterocycles. The molecule has 0 saturated carbocycles. The first kappa shape index (κ1) is 44.4. The molecule has 0 heteroatoms. The van der Waals surface area contributed by atoms with Crippen LogP contribution in [-0.4, -0.2) is 0 Å². The fourth-order valence-electron chi connectivity index (χ4n) is 13.5. The lowest BCUT2D eigenvalue weighted by molar-refractivity contribution is 0.660. The van der Waals surface area contributed by atoms with Gasteiger partial charge in [-0.1, -0.05) is 210 Å². The van der Waals surface area contributed by atoms with E-state index in [2.05, 4.69) is 262 Å². The van der Waals surface area contributed by atoms with Crippen molar-refractivity contribution in [2.75, 3.05) is 0 Å². The third kappa shape index (κ3) is 6.40. The highest BCUT2D eigenvalue weighted by Gasteiger charge is 2.38. The molecule has 0 radical (unpaired) electrons. The summed E-state index contributed by atoms with van der Waals surface area (Å²) >= 11 is 0. The van der Waals surface area contributed by atoms with Crippen LogP contribution >= 0.6 is 0 Å². The second-order valence-electron chi connectivity index (χ2n) is 22.6. The normalized spacial score (nSPS) is 13.9. The lowest BCUT2D eigenvalue weighted by Crippen LogP contribution is -2.15. The van der Waals surface area contributed by atoms with Crippen molar-refractivity contribution in [1.82, 2.24) is 0 Å². The van der Waals surface area contributed by atoms with Gasteiger partial charge in [-0.15, -0.1) is 0 Å². The van der Waals surface area contributed by atoms with Crippen LogP contribution in [-0.2, 0) is 10.8 Å². The van der Waals surface area contributed by atoms with Crippen LogP contribution in [0.25, 0.3) is 121 Å². The molecule has 0 unspecified atom stereocenters. The van der Waals surface area contributed by atoms with E-state index < -0.39 is 0 Å². The van der Waals surface area contributed by atoms with Crippen LogP contribution in [0.15, 0.2) is 206 Å². The summed E-state index contributed by atoms with van der Waals surface area (Å²) in [7, 11) is 0. The minimum atomic E-state index is -0.202. The molecule has 0 amide bonds. The Hall–Kier alpha value is -8.32. The van der Waals surface area contributed by atoms with Gasteiger partial charge in [0.1, 0.15) is 0 Å². The predicted octanol–water partition coefficient (Wildman–Crippen LogP) is 20.5. The van der Waals surface area contributed by atoms with Gasteiger partial charge in [0, 0.05) is 10.8 Å². The van der Waals surface area contributed by atoms with Gasteiger partial charge >= 0.3 is 0 Å². The van der Waals surface area contributed by atoms with Crippen molar-refractivity contribution in [1.29, 1.82) is 0 Å². The van der Waals surface area contributed by atoms with E-state index in [9.17, 15) is 0 Å². The van der Waals surface area contributed by atoms with Crippen LogP contribution in [0, 0.1) is 27.7 Å². The average molecular weight is 947 g/mol. The maximum atomic E-state index is 2.52. The highest BCUT2D eigenvalue weighted by Crippen LogP contribution is 2.55. The SMILES string of the molecule is Cc1cc2c(-c3ccccc3)c3ccccc3c(-c3ccc4c(c3)C(C)(C)c3cc(-c5ccc6c(c5)C(C)(C)c5cc(-c7c8ccccc8c(-c8ccccc8)c8cc(C)c(C)cc78)ccc5-6)ccc3-4)c2cc1C. The zero-order valence-electron chi connectivity index (χ0n) is 43.6. The van der Waals surface area contributed by atoms with Crippen molar-refractivity contribution in [3.63, 3.8) is 0 Å². The van der Waals surface area contributed by atoms with Crippen LogP contribution in [0.2, 0.25) is 0 Å². The Labute approximate surface area is 435 Å². The third-order valence-electron chi connectivity index (χ3n) is 17.7. The molecule has 12 aromatic carbocycles. The van der Waals surface area contributed by atoms with E-state index in [1.54, 1.807) is 0 Å². The second-order valence-corrected chi connectivity index (χ2v) is 22.6. The molecule has 0 nitrogen and oxygen atoms in total. The summed E-state index contributed by atoms with van der Waals surface area (Å²) in [4.78, 5) is 0. The summed E-state index contributed by atoms with van der Waals surface area (Å²) in [6.07, 6.45) is 0. The Morgan fingerprint density at radius 3 is 0.757 bits per heavy atom. The van der Waals surface area contributed by atoms with Crippen LogP contribution in [0.5, 0.6) is 0 Å². The Bertz CT molecular complexity index is 4090. The molecule has 74 heavy (non-hydrogen) atoms. The summed E-state index contributed by atoms with van der Waals surface area (Å²) in [5.74, 6) is 0. The maximum Gasteiger partial charge on any atom is 0.0159 e. The van der Waals surface area contributed by atoms with E-state index >= 15 is 0 Å². The summed E-state index contributed by atoms with van der Waals surface area (Å²) in [5.41, 5.74) is 28.6. The molecule has 0 N–H and O–H groups in total. The minimum Gasteiger partial charge on any atom is -0.0622 e. The number of benzene rings is 12. The molecule has 0 fully saturated rings. The van der Waals surface area contributed by atoms with Crippen LogP contribution in [0.1, 0.15) is 72.2 Å². The van der Waals surface area contributed by atoms with Gasteiger partial charge in [-0.25, -0.2) is 0 Å². The van der Waals surface area contributed by atoms with E-state index in [1.807, 2.05) is 0 Å². The molecule has 0 aliphatic heterocycles. The molecule has 12 aromatic rings. The molecular weight excluding hydrogens is 889 g/mol. The Balaban J connectivity index is 0.851. The van der Waals surface area contributed by atoms with Crippen LogP contribution < -0.4 is 0 Å². The monoisotopic (exact) mass is 946 g/mol. The van der Waals surface area contributed by atoms with Gasteiger partial charge in [-0.05, 0) is 217 Å². The molecule has 0 aromatic heterocycles. The molecule has 0 atom stereocenters. The van der Waals surface area contributed by atoms with Gasteiger partial charge < -0.3 is 0 Å². The Morgan fingerprint density at radius 1 is 0.216 bits per heavy atom. The molecular formula is C74H58. The summed E-state index contributed by atoms with van der Waals surface area (Å²) in [5, 5.41) is 10.4. The van der Waals surface area contributed by atoms with Crippen molar-refractivity contribution in [2.24, 2.45) is 0 Å². The summed E-state index contributed by atoms with van der Waals surface area (Å²) in [6.45, 7) is 18.7. The first-order valence-corrected chi connectivity index (χ1v) is 26.5. The smallest absolute Gasteiger partial charge is 0.0159 e. The predicted molar refractivity (Wildman–Crippen MR) is 318 cm³/mol. The van der Waals surface area contributed by atoms with Crippen LogP contribution in [0.4, 0.5) is 0 Å². The first-order chi connectivity index (χ1) is 35.9. The second kappa shape index (κ2) is 16.1. The van der Waals surface area contributed by atoms with Crippen molar-refractivity contribution < 1.29 is 0 Å². The van der Waals surface area contributed by atoms with Gasteiger partial charge in [-0.3, -0.25) is 0 Å². The van der Waals surface area contributed by atoms with Gasteiger partial charge in [0.25, 0.3) is 0 Å². The fourth-order valence-corrected chi connectivity index (χ4v) is 13.5. The molecule has 354 valence electrons. The zero-order valence-corrected chi connectivity index (χ0v) is 43.6. The molecule has 2 aliphatic carbocycles. The molecule has 14 rings (SSSR count). The zero-order chi connectivity index (χ0) is 50.4. The van der Waals surface area contributed by atoms with Gasteiger partial charge in [0.2, 0.25) is 0 Å². The topological polar surface area (TPSA) is 0 Å². The van der Waals surface area contributed by atoms with Crippen molar-refractivity contribution in [3.05, 3.63) is 251 Å². The minimum absolute atomic E-state index is 0.202. The molecule has 0 spiro atoms. The quantitative estimate of drug-likeness (QED) is 0.151. The first-order valence-electron chi connectivity index (χ1n) is 26.5. The summed E-state index contributed by atoms with van der Waals surface area (Å²) in [6, 6.07) is 78.8. The van der Waals surface area contributed by atoms with Crippen molar-refractivity contribution in [3.8, 4) is 77.9 Å². The van der Waals surface area contributed by atoms with Gasteiger partial charge in [0.05, 0.1) is 0 Å². The van der Waals surface area contributed by atoms with E-state index in [-0.39, 0.29) is 10.8 Å². The average Bonchev–Trinajstić information content (AvgIpc) is 3.82. The fraction of sp³-hybridized carbons (Fsp3) is 0.135. The van der Waals surface area contributed by atoms with E-state index in [1.165, 1.54) is 165 Å². The standard InChI is InChI=1S/C74H58/c1-43-35-61-63(37-45(43)3)71(59-25-17-15-23-57(59)69(61)47-19-11-9-12-20-47)51-29-33-55-53-31-27-49(39-65(53)73(5,6)67(55)41-51)50-28-32-54-56-34-30-52(42-68(56)74(7,8)66(54)40-50)72-60-26-18-16-24-58(60)70(48-21-13-10-14-22-48)62-36-44(2)46(4)38-64(62)72/h9-42H,1-8H3. The number of rotatable bonds is 5. The number of hydrogen-bond donors (Lipinski definition) is 0. The van der Waals surface area contributed by atoms with Crippen molar-refractivity contribution >= 4 is 43.1 Å². The van der Waals surface area contributed by atoms with Gasteiger partial charge in [-0.2, -0.15) is 0 Å². The van der Waals surface area contributed by atoms with E-state index in [0.717, 1.165) is 0 Å². The third-order valence-corrected chi connectivity index (χ3v) is 17.7. The number of aryl methyl sites for hydroxylation is 4. The molecule has 0 bridgehead atoms. The molecule has 2 aliphatic rings. The highest BCUT2D eigenvalue weighted by molar-refractivity contribution is 6.23. The van der Waals surface area contributed by atoms with Gasteiger partial charge in [0.15, 0.2) is 0 Å². The lowest BCUT2D eigenvalue weighted by Gasteiger charge is -2.24. The Morgan fingerprint density at radius 2 is 0.459 bits per heavy atom. The Kier molecular flexibility index (Phi) is 9.65.